The maximum absolute atomic E-state index is 12.1. The predicted molar refractivity (Wildman–Crippen MR) is 128 cm³/mol. The molecule has 0 unspecified atom stereocenters. The van der Waals surface area contributed by atoms with Crippen molar-refractivity contribution in [3.05, 3.63) is 0 Å². The number of rotatable bonds is 12. The molecule has 1 aliphatic heterocycles. The van der Waals surface area contributed by atoms with Crippen LogP contribution in [-0.2, 0) is 19.5 Å². The second-order valence-corrected chi connectivity index (χ2v) is 9.53. The van der Waals surface area contributed by atoms with E-state index >= 15 is 0 Å². The molecular formula is C19H39IN4O4S. The fourth-order valence-electron chi connectivity index (χ4n) is 3.40. The Bertz CT molecular complexity index is 565. The van der Waals surface area contributed by atoms with Gasteiger partial charge in [-0.05, 0) is 44.9 Å². The fourth-order valence-corrected chi connectivity index (χ4v) is 4.36. The van der Waals surface area contributed by atoms with Crippen LogP contribution in [0.2, 0.25) is 0 Å². The Morgan fingerprint density at radius 1 is 1.17 bits per heavy atom. The molecule has 2 N–H and O–H groups in total. The van der Waals surface area contributed by atoms with Crippen LogP contribution in [0.5, 0.6) is 0 Å². The summed E-state index contributed by atoms with van der Waals surface area (Å²) in [5.74, 6) is 1.36. The number of nitrogens with zero attached hydrogens (tertiary/aromatic N) is 2. The van der Waals surface area contributed by atoms with E-state index in [9.17, 15) is 8.42 Å². The first-order chi connectivity index (χ1) is 13.5. The largest absolute Gasteiger partial charge is 0.385 e. The number of methoxy groups -OCH3 is 1. The molecule has 1 saturated heterocycles. The Kier molecular flexibility index (Phi) is 13.7. The van der Waals surface area contributed by atoms with Gasteiger partial charge in [0, 0.05) is 46.5 Å². The van der Waals surface area contributed by atoms with Crippen molar-refractivity contribution in [3.63, 3.8) is 0 Å². The van der Waals surface area contributed by atoms with Gasteiger partial charge in [-0.25, -0.2) is 13.1 Å². The lowest BCUT2D eigenvalue weighted by molar-refractivity contribution is 0.00991. The lowest BCUT2D eigenvalue weighted by atomic mass is 9.86. The van der Waals surface area contributed by atoms with Crippen LogP contribution < -0.4 is 10.0 Å². The lowest BCUT2D eigenvalue weighted by Gasteiger charge is -2.34. The Balaban J connectivity index is 0.00000420. The normalized spacial score (nSPS) is 19.0. The number of ether oxygens (including phenoxy) is 2. The predicted octanol–water partition coefficient (Wildman–Crippen LogP) is 1.81. The first-order valence-corrected chi connectivity index (χ1v) is 12.3. The molecule has 29 heavy (non-hydrogen) atoms. The van der Waals surface area contributed by atoms with Gasteiger partial charge in [0.15, 0.2) is 5.96 Å². The number of likely N-dealkylation sites (tertiary alicyclic amines) is 1. The number of hydrogen-bond donors (Lipinski definition) is 2. The van der Waals surface area contributed by atoms with Crippen LogP contribution in [0.4, 0.5) is 0 Å². The summed E-state index contributed by atoms with van der Waals surface area (Å²) in [6, 6.07) is 0. The summed E-state index contributed by atoms with van der Waals surface area (Å²) in [4.78, 5) is 6.75. The number of halogens is 1. The molecule has 1 heterocycles. The molecule has 0 aromatic carbocycles. The van der Waals surface area contributed by atoms with Gasteiger partial charge in [-0.1, -0.05) is 6.42 Å². The van der Waals surface area contributed by atoms with E-state index in [0.29, 0.717) is 12.5 Å². The van der Waals surface area contributed by atoms with Crippen molar-refractivity contribution in [2.24, 2.45) is 10.9 Å². The monoisotopic (exact) mass is 546 g/mol. The van der Waals surface area contributed by atoms with Crippen molar-refractivity contribution in [1.82, 2.24) is 14.9 Å². The average molecular weight is 547 g/mol. The van der Waals surface area contributed by atoms with Crippen molar-refractivity contribution in [2.45, 2.75) is 51.6 Å². The molecule has 0 amide bonds. The molecule has 0 spiro atoms. The Hall–Kier alpha value is -0.170. The molecule has 2 fully saturated rings. The summed E-state index contributed by atoms with van der Waals surface area (Å²) in [6.45, 7) is 6.84. The summed E-state index contributed by atoms with van der Waals surface area (Å²) in [7, 11) is -1.55. The van der Waals surface area contributed by atoms with E-state index < -0.39 is 10.0 Å². The molecule has 2 aliphatic rings. The average Bonchev–Trinajstić information content (AvgIpc) is 2.64. The van der Waals surface area contributed by atoms with Gasteiger partial charge in [-0.15, -0.1) is 24.0 Å². The highest BCUT2D eigenvalue weighted by molar-refractivity contribution is 14.0. The van der Waals surface area contributed by atoms with Crippen molar-refractivity contribution in [2.75, 3.05) is 58.8 Å². The summed E-state index contributed by atoms with van der Waals surface area (Å²) in [5, 5.41) is 3.29. The zero-order valence-corrected chi connectivity index (χ0v) is 21.0. The summed E-state index contributed by atoms with van der Waals surface area (Å²) in [5.41, 5.74) is 0. The van der Waals surface area contributed by atoms with Crippen LogP contribution >= 0.6 is 24.0 Å². The van der Waals surface area contributed by atoms with Crippen LogP contribution in [0.15, 0.2) is 4.99 Å². The number of sulfonamides is 1. The second kappa shape index (κ2) is 14.8. The van der Waals surface area contributed by atoms with E-state index in [-0.39, 0.29) is 42.4 Å². The van der Waals surface area contributed by atoms with Crippen molar-refractivity contribution < 1.29 is 17.9 Å². The maximum Gasteiger partial charge on any atom is 0.213 e. The zero-order valence-electron chi connectivity index (χ0n) is 17.9. The molecule has 0 radical (unpaired) electrons. The summed E-state index contributed by atoms with van der Waals surface area (Å²) in [6.07, 6.45) is 6.61. The molecule has 8 nitrogen and oxygen atoms in total. The first-order valence-electron chi connectivity index (χ1n) is 10.6. The van der Waals surface area contributed by atoms with Gasteiger partial charge in [0.1, 0.15) is 0 Å². The Labute approximate surface area is 193 Å². The van der Waals surface area contributed by atoms with Gasteiger partial charge in [-0.3, -0.25) is 4.99 Å². The Morgan fingerprint density at radius 3 is 2.48 bits per heavy atom. The highest BCUT2D eigenvalue weighted by Crippen LogP contribution is 2.25. The third kappa shape index (κ3) is 10.6. The van der Waals surface area contributed by atoms with Crippen LogP contribution in [-0.4, -0.2) is 84.2 Å². The van der Waals surface area contributed by atoms with Crippen LogP contribution in [0.3, 0.4) is 0 Å². The van der Waals surface area contributed by atoms with Gasteiger partial charge in [0.25, 0.3) is 0 Å². The number of piperidine rings is 1. The number of hydrogen-bond acceptors (Lipinski definition) is 5. The molecule has 0 atom stereocenters. The fraction of sp³-hybridized carbons (Fsp3) is 0.947. The molecule has 10 heteroatoms. The maximum atomic E-state index is 12.1. The van der Waals surface area contributed by atoms with E-state index in [2.05, 4.69) is 19.9 Å². The first kappa shape index (κ1) is 26.9. The number of aliphatic imine (C=N–C) groups is 1. The number of guanidine groups is 1. The molecule has 1 saturated carbocycles. The number of nitrogens with one attached hydrogen (secondary N) is 2. The second-order valence-electron chi connectivity index (χ2n) is 7.60. The highest BCUT2D eigenvalue weighted by atomic mass is 127. The smallest absolute Gasteiger partial charge is 0.213 e. The minimum Gasteiger partial charge on any atom is -0.385 e. The van der Waals surface area contributed by atoms with Crippen molar-refractivity contribution >= 4 is 40.0 Å². The van der Waals surface area contributed by atoms with E-state index in [0.717, 1.165) is 70.9 Å². The molecule has 2 rings (SSSR count). The molecule has 1 aliphatic carbocycles. The van der Waals surface area contributed by atoms with Gasteiger partial charge in [-0.2, -0.15) is 0 Å². The molecule has 0 aromatic heterocycles. The van der Waals surface area contributed by atoms with Crippen LogP contribution in [0.1, 0.15) is 45.4 Å². The zero-order chi connectivity index (χ0) is 20.2. The van der Waals surface area contributed by atoms with E-state index in [1.54, 1.807) is 7.11 Å². The molecular weight excluding hydrogens is 507 g/mol. The third-order valence-electron chi connectivity index (χ3n) is 5.36. The minimum atomic E-state index is -3.25. The van der Waals surface area contributed by atoms with Crippen molar-refractivity contribution in [3.8, 4) is 0 Å². The minimum absolute atomic E-state index is 0. The highest BCUT2D eigenvalue weighted by Gasteiger charge is 2.23. The molecule has 0 bridgehead atoms. The molecule has 0 aromatic rings. The van der Waals surface area contributed by atoms with Crippen molar-refractivity contribution in [1.29, 1.82) is 0 Å². The van der Waals surface area contributed by atoms with Crippen LogP contribution in [0.25, 0.3) is 0 Å². The van der Waals surface area contributed by atoms with E-state index in [4.69, 9.17) is 9.47 Å². The van der Waals surface area contributed by atoms with Gasteiger partial charge in [0.2, 0.25) is 10.0 Å². The lowest BCUT2D eigenvalue weighted by Crippen LogP contribution is -2.47. The van der Waals surface area contributed by atoms with Gasteiger partial charge >= 0.3 is 0 Å². The molecule has 172 valence electrons. The van der Waals surface area contributed by atoms with Gasteiger partial charge in [0.05, 0.1) is 18.4 Å². The van der Waals surface area contributed by atoms with E-state index in [1.165, 1.54) is 6.42 Å². The quantitative estimate of drug-likeness (QED) is 0.168. The topological polar surface area (TPSA) is 92.3 Å². The third-order valence-corrected chi connectivity index (χ3v) is 6.69. The summed E-state index contributed by atoms with van der Waals surface area (Å²) < 4.78 is 38.0. The Morgan fingerprint density at radius 2 is 1.90 bits per heavy atom. The van der Waals surface area contributed by atoms with Crippen LogP contribution in [0, 0.1) is 5.92 Å². The van der Waals surface area contributed by atoms with E-state index in [1.807, 2.05) is 6.92 Å². The summed E-state index contributed by atoms with van der Waals surface area (Å²) >= 11 is 0. The SMILES string of the molecule is CCNC(=NCCS(=O)(=O)NCC1CCC1)N1CCC(OCCCOC)CC1.I. The van der Waals surface area contributed by atoms with Gasteiger partial charge < -0.3 is 19.7 Å². The standard InChI is InChI=1S/C19H38N4O4S.HI/c1-3-20-19(21-10-15-28(24,25)22-16-17-6-4-7-17)23-11-8-18(9-12-23)27-14-5-13-26-2;/h17-18,22H,3-16H2,1-2H3,(H,20,21);1H.